The molecule has 0 aliphatic heterocycles. The van der Waals surface area contributed by atoms with Gasteiger partial charge in [-0.15, -0.1) is 11.3 Å². The Kier molecular flexibility index (Phi) is 9.26. The number of hydrogen-bond donors (Lipinski definition) is 2. The third-order valence-electron chi connectivity index (χ3n) is 5.98. The fraction of sp³-hybridized carbons (Fsp3) is 0.250. The Morgan fingerprint density at radius 2 is 1.64 bits per heavy atom. The fourth-order valence-corrected chi connectivity index (χ4v) is 5.83. The summed E-state index contributed by atoms with van der Waals surface area (Å²) >= 11 is 4.63. The van der Waals surface area contributed by atoms with Crippen molar-refractivity contribution in [3.05, 3.63) is 80.1 Å². The summed E-state index contributed by atoms with van der Waals surface area (Å²) in [5, 5.41) is 6.89. The van der Waals surface area contributed by atoms with Crippen molar-refractivity contribution in [3.8, 4) is 5.75 Å². The van der Waals surface area contributed by atoms with Crippen LogP contribution >= 0.6 is 27.3 Å². The highest BCUT2D eigenvalue weighted by Crippen LogP contribution is 2.38. The van der Waals surface area contributed by atoms with E-state index in [0.717, 1.165) is 36.1 Å². The van der Waals surface area contributed by atoms with Crippen molar-refractivity contribution < 1.29 is 28.7 Å². The largest absolute Gasteiger partial charge is 0.462 e. The third kappa shape index (κ3) is 6.61. The molecule has 0 radical (unpaired) electrons. The maximum Gasteiger partial charge on any atom is 0.344 e. The zero-order valence-corrected chi connectivity index (χ0v) is 23.7. The molecule has 1 aromatic heterocycles. The standard InChI is InChI=1S/C28H26BrN3O6S/c1-3-37-28(36)23-19-12-6-9-15-22(19)39-26(23)30-24(33)25(34)32-31-16(2)17-10-5-8-14-21(17)38-27(35)18-11-4-7-13-20(18)29/h4-5,7-8,10-11,13-14H,3,6,9,12,15H2,1-2H3,(H,30,33)(H,32,34)/b31-16+. The second-order valence-electron chi connectivity index (χ2n) is 8.59. The van der Waals surface area contributed by atoms with Crippen molar-refractivity contribution in [2.45, 2.75) is 39.5 Å². The van der Waals surface area contributed by atoms with Gasteiger partial charge in [0, 0.05) is 14.9 Å². The van der Waals surface area contributed by atoms with Crippen LogP contribution in [0.15, 0.2) is 58.1 Å². The van der Waals surface area contributed by atoms with E-state index in [2.05, 4.69) is 31.8 Å². The lowest BCUT2D eigenvalue weighted by atomic mass is 9.95. The summed E-state index contributed by atoms with van der Waals surface area (Å²) in [4.78, 5) is 51.6. The number of esters is 2. The van der Waals surface area contributed by atoms with Crippen molar-refractivity contribution >= 4 is 61.7 Å². The average Bonchev–Trinajstić information content (AvgIpc) is 3.30. The number of para-hydroxylation sites is 1. The molecule has 9 nitrogen and oxygen atoms in total. The maximum atomic E-state index is 12.7. The molecule has 1 aliphatic carbocycles. The van der Waals surface area contributed by atoms with E-state index in [1.807, 2.05) is 0 Å². The molecule has 0 bridgehead atoms. The van der Waals surface area contributed by atoms with Crippen LogP contribution in [0, 0.1) is 0 Å². The highest BCUT2D eigenvalue weighted by atomic mass is 79.9. The molecule has 1 heterocycles. The van der Waals surface area contributed by atoms with Gasteiger partial charge in [0.1, 0.15) is 10.8 Å². The summed E-state index contributed by atoms with van der Waals surface area (Å²) in [7, 11) is 0. The molecule has 0 saturated carbocycles. The summed E-state index contributed by atoms with van der Waals surface area (Å²) in [5.74, 6) is -2.83. The molecule has 4 rings (SSSR count). The zero-order valence-electron chi connectivity index (χ0n) is 21.3. The number of benzene rings is 2. The van der Waals surface area contributed by atoms with Crippen molar-refractivity contribution in [1.82, 2.24) is 5.43 Å². The molecule has 0 atom stereocenters. The summed E-state index contributed by atoms with van der Waals surface area (Å²) in [6, 6.07) is 13.6. The highest BCUT2D eigenvalue weighted by molar-refractivity contribution is 9.10. The lowest BCUT2D eigenvalue weighted by molar-refractivity contribution is -0.136. The number of nitrogens with zero attached hydrogens (tertiary/aromatic N) is 1. The van der Waals surface area contributed by atoms with Crippen molar-refractivity contribution in [1.29, 1.82) is 0 Å². The Morgan fingerprint density at radius 1 is 0.949 bits per heavy atom. The topological polar surface area (TPSA) is 123 Å². The SMILES string of the molecule is CCOC(=O)c1c(NC(=O)C(=O)N/N=C(\C)c2ccccc2OC(=O)c2ccccc2Br)sc2c1CCCC2. The Balaban J connectivity index is 1.47. The van der Waals surface area contributed by atoms with Crippen LogP contribution in [-0.2, 0) is 27.2 Å². The number of fused-ring (bicyclic) bond motifs is 1. The lowest BCUT2D eigenvalue weighted by Crippen LogP contribution is -2.33. The Labute approximate surface area is 237 Å². The van der Waals surface area contributed by atoms with Crippen LogP contribution in [0.3, 0.4) is 0 Å². The molecule has 2 N–H and O–H groups in total. The van der Waals surface area contributed by atoms with Crippen LogP contribution in [0.4, 0.5) is 5.00 Å². The van der Waals surface area contributed by atoms with Crippen LogP contribution in [0.1, 0.15) is 63.4 Å². The number of ether oxygens (including phenoxy) is 2. The van der Waals surface area contributed by atoms with Crippen LogP contribution in [0.2, 0.25) is 0 Å². The normalized spacial score (nSPS) is 12.7. The first-order chi connectivity index (χ1) is 18.8. The molecule has 11 heteroatoms. The van der Waals surface area contributed by atoms with Crippen LogP contribution < -0.4 is 15.5 Å². The summed E-state index contributed by atoms with van der Waals surface area (Å²) in [6.07, 6.45) is 3.47. The number of hydrogen-bond acceptors (Lipinski definition) is 8. The zero-order chi connectivity index (χ0) is 27.9. The van der Waals surface area contributed by atoms with Gasteiger partial charge in [-0.25, -0.2) is 15.0 Å². The minimum atomic E-state index is -1.02. The van der Waals surface area contributed by atoms with E-state index in [0.29, 0.717) is 31.9 Å². The second kappa shape index (κ2) is 12.8. The minimum Gasteiger partial charge on any atom is -0.462 e. The minimum absolute atomic E-state index is 0.199. The average molecular weight is 613 g/mol. The van der Waals surface area contributed by atoms with E-state index in [4.69, 9.17) is 9.47 Å². The summed E-state index contributed by atoms with van der Waals surface area (Å²) < 4.78 is 11.4. The molecule has 0 fully saturated rings. The van der Waals surface area contributed by atoms with Crippen LogP contribution in [0.5, 0.6) is 5.75 Å². The molecule has 2 amide bonds. The number of thiophene rings is 1. The van der Waals surface area contributed by atoms with Gasteiger partial charge in [0.15, 0.2) is 0 Å². The molecular weight excluding hydrogens is 586 g/mol. The van der Waals surface area contributed by atoms with Crippen LogP contribution in [-0.4, -0.2) is 36.1 Å². The number of carbonyl (C=O) groups excluding carboxylic acids is 4. The summed E-state index contributed by atoms with van der Waals surface area (Å²) in [5.41, 5.74) is 4.55. The molecule has 3 aromatic rings. The van der Waals surface area contributed by atoms with Gasteiger partial charge in [0.2, 0.25) is 0 Å². The van der Waals surface area contributed by atoms with E-state index in [1.165, 1.54) is 11.3 Å². The molecule has 2 aromatic carbocycles. The number of aryl methyl sites for hydroxylation is 1. The number of anilines is 1. The smallest absolute Gasteiger partial charge is 0.344 e. The molecule has 39 heavy (non-hydrogen) atoms. The monoisotopic (exact) mass is 611 g/mol. The Hall–Kier alpha value is -3.83. The van der Waals surface area contributed by atoms with E-state index in [1.54, 1.807) is 62.4 Å². The second-order valence-corrected chi connectivity index (χ2v) is 10.6. The van der Waals surface area contributed by atoms with Gasteiger partial charge < -0.3 is 14.8 Å². The quantitative estimate of drug-likeness (QED) is 0.123. The van der Waals surface area contributed by atoms with E-state index >= 15 is 0 Å². The van der Waals surface area contributed by atoms with Crippen molar-refractivity contribution in [3.63, 3.8) is 0 Å². The number of rotatable bonds is 7. The molecular formula is C28H26BrN3O6S. The lowest BCUT2D eigenvalue weighted by Gasteiger charge is -2.12. The molecule has 0 spiro atoms. The van der Waals surface area contributed by atoms with Crippen LogP contribution in [0.25, 0.3) is 0 Å². The first-order valence-corrected chi connectivity index (χ1v) is 13.9. The number of carbonyl (C=O) groups is 4. The first-order valence-electron chi connectivity index (χ1n) is 12.3. The predicted octanol–water partition coefficient (Wildman–Crippen LogP) is 5.26. The highest BCUT2D eigenvalue weighted by Gasteiger charge is 2.28. The number of amides is 2. The predicted molar refractivity (Wildman–Crippen MR) is 151 cm³/mol. The Bertz CT molecular complexity index is 1470. The van der Waals surface area contributed by atoms with E-state index < -0.39 is 23.8 Å². The van der Waals surface area contributed by atoms with Gasteiger partial charge in [0.25, 0.3) is 0 Å². The van der Waals surface area contributed by atoms with Gasteiger partial charge in [-0.3, -0.25) is 9.59 Å². The first kappa shape index (κ1) is 28.2. The third-order valence-corrected chi connectivity index (χ3v) is 7.88. The van der Waals surface area contributed by atoms with Crippen molar-refractivity contribution in [2.24, 2.45) is 5.10 Å². The summed E-state index contributed by atoms with van der Waals surface area (Å²) in [6.45, 7) is 3.52. The van der Waals surface area contributed by atoms with E-state index in [-0.39, 0.29) is 12.4 Å². The van der Waals surface area contributed by atoms with Gasteiger partial charge in [-0.05, 0) is 85.3 Å². The molecule has 1 aliphatic rings. The molecule has 0 saturated heterocycles. The Morgan fingerprint density at radius 3 is 2.38 bits per heavy atom. The van der Waals surface area contributed by atoms with Crippen molar-refractivity contribution in [2.75, 3.05) is 11.9 Å². The van der Waals surface area contributed by atoms with Gasteiger partial charge in [-0.2, -0.15) is 5.10 Å². The fourth-order valence-electron chi connectivity index (χ4n) is 4.11. The van der Waals surface area contributed by atoms with Gasteiger partial charge in [-0.1, -0.05) is 24.3 Å². The molecule has 0 unspecified atom stereocenters. The van der Waals surface area contributed by atoms with E-state index in [9.17, 15) is 19.2 Å². The van der Waals surface area contributed by atoms with Gasteiger partial charge in [0.05, 0.1) is 23.4 Å². The van der Waals surface area contributed by atoms with Gasteiger partial charge >= 0.3 is 23.8 Å². The number of halogens is 1. The molecule has 202 valence electrons. The number of nitrogens with one attached hydrogen (secondary N) is 2. The number of hydrazone groups is 1. The maximum absolute atomic E-state index is 12.7.